The van der Waals surface area contributed by atoms with Crippen LogP contribution in [0, 0.1) is 6.92 Å². The minimum absolute atomic E-state index is 0.0511. The van der Waals surface area contributed by atoms with Crippen LogP contribution in [-0.2, 0) is 6.18 Å². The third-order valence-electron chi connectivity index (χ3n) is 4.39. The fraction of sp³-hybridized carbons (Fsp3) is 0.412. The van der Waals surface area contributed by atoms with Crippen molar-refractivity contribution in [3.8, 4) is 0 Å². The minimum atomic E-state index is -4.54. The van der Waals surface area contributed by atoms with Crippen LogP contribution >= 0.6 is 11.6 Å². The van der Waals surface area contributed by atoms with Crippen molar-refractivity contribution in [2.24, 2.45) is 0 Å². The molecule has 0 unspecified atom stereocenters. The number of aryl methyl sites for hydroxylation is 1. The molecular weight excluding hydrogens is 399 g/mol. The zero-order valence-electron chi connectivity index (χ0n) is 14.8. The first-order valence-corrected chi connectivity index (χ1v) is 8.88. The Morgan fingerprint density at radius 2 is 1.96 bits per heavy atom. The number of piperidine rings is 1. The summed E-state index contributed by atoms with van der Waals surface area (Å²) in [7, 11) is 0. The maximum Gasteiger partial charge on any atom is 0.433 e. The van der Waals surface area contributed by atoms with E-state index in [0.717, 1.165) is 6.07 Å². The van der Waals surface area contributed by atoms with Crippen LogP contribution in [-0.4, -0.2) is 40.0 Å². The van der Waals surface area contributed by atoms with Gasteiger partial charge < -0.3 is 15.2 Å². The molecule has 0 radical (unpaired) electrons. The van der Waals surface area contributed by atoms with E-state index in [4.69, 9.17) is 11.6 Å². The summed E-state index contributed by atoms with van der Waals surface area (Å²) in [6, 6.07) is 2.07. The number of amides is 1. The molecule has 3 heterocycles. The normalized spacial score (nSPS) is 15.5. The lowest BCUT2D eigenvalue weighted by Crippen LogP contribution is -2.45. The molecular formula is C17H17ClF3N5O2. The van der Waals surface area contributed by atoms with Gasteiger partial charge in [0.1, 0.15) is 22.4 Å². The molecule has 1 saturated heterocycles. The molecule has 1 aliphatic rings. The van der Waals surface area contributed by atoms with Crippen LogP contribution in [0.2, 0.25) is 5.02 Å². The van der Waals surface area contributed by atoms with E-state index < -0.39 is 17.4 Å². The maximum atomic E-state index is 12.9. The van der Waals surface area contributed by atoms with Crippen LogP contribution in [0.1, 0.15) is 34.7 Å². The molecule has 7 nitrogen and oxygen atoms in total. The molecule has 0 saturated carbocycles. The molecule has 150 valence electrons. The first kappa shape index (κ1) is 20.1. The summed E-state index contributed by atoms with van der Waals surface area (Å²) >= 11 is 5.72. The van der Waals surface area contributed by atoms with Crippen molar-refractivity contribution in [2.45, 2.75) is 32.0 Å². The number of H-pyrrole nitrogens is 1. The zero-order valence-corrected chi connectivity index (χ0v) is 15.6. The second-order valence-corrected chi connectivity index (χ2v) is 6.86. The van der Waals surface area contributed by atoms with Gasteiger partial charge in [0.25, 0.3) is 11.5 Å². The lowest BCUT2D eigenvalue weighted by molar-refractivity contribution is -0.141. The minimum Gasteiger partial charge on any atom is -0.356 e. The second kappa shape index (κ2) is 7.78. The first-order valence-electron chi connectivity index (χ1n) is 8.50. The van der Waals surface area contributed by atoms with Crippen molar-refractivity contribution in [2.75, 3.05) is 18.0 Å². The standard InChI is InChI=1S/C17H17ClF3N5O2/c1-9-23-13(17(19,20)21)7-14(24-9)26-4-2-11(3-5-26)25-15(27)10-6-12(18)16(28)22-8-10/h6-8,11H,2-5H2,1H3,(H,22,28)(H,25,27). The highest BCUT2D eigenvalue weighted by molar-refractivity contribution is 6.30. The zero-order chi connectivity index (χ0) is 20.5. The molecule has 3 rings (SSSR count). The van der Waals surface area contributed by atoms with Crippen LogP contribution in [0.15, 0.2) is 23.1 Å². The van der Waals surface area contributed by atoms with Crippen LogP contribution in [0.25, 0.3) is 0 Å². The number of hydrogen-bond acceptors (Lipinski definition) is 5. The monoisotopic (exact) mass is 415 g/mol. The van der Waals surface area contributed by atoms with E-state index in [1.807, 2.05) is 0 Å². The Balaban J connectivity index is 1.63. The summed E-state index contributed by atoms with van der Waals surface area (Å²) in [5, 5.41) is 2.76. The number of aromatic nitrogens is 3. The van der Waals surface area contributed by atoms with Gasteiger partial charge >= 0.3 is 6.18 Å². The number of hydrogen-bond donors (Lipinski definition) is 2. The van der Waals surface area contributed by atoms with Crippen molar-refractivity contribution in [3.63, 3.8) is 0 Å². The summed E-state index contributed by atoms with van der Waals surface area (Å²) in [4.78, 5) is 35.2. The number of nitrogens with one attached hydrogen (secondary N) is 2. The van der Waals surface area contributed by atoms with Crippen molar-refractivity contribution < 1.29 is 18.0 Å². The number of alkyl halides is 3. The van der Waals surface area contributed by atoms with Gasteiger partial charge in [0, 0.05) is 31.4 Å². The number of nitrogens with zero attached hydrogens (tertiary/aromatic N) is 3. The van der Waals surface area contributed by atoms with E-state index in [2.05, 4.69) is 20.3 Å². The average Bonchev–Trinajstić information content (AvgIpc) is 2.63. The van der Waals surface area contributed by atoms with Gasteiger partial charge in [-0.25, -0.2) is 9.97 Å². The lowest BCUT2D eigenvalue weighted by atomic mass is 10.0. The topological polar surface area (TPSA) is 91.0 Å². The Kier molecular flexibility index (Phi) is 5.59. The summed E-state index contributed by atoms with van der Waals surface area (Å²) in [5.74, 6) is -0.110. The third kappa shape index (κ3) is 4.61. The fourth-order valence-corrected chi connectivity index (χ4v) is 3.14. The molecule has 11 heteroatoms. The fourth-order valence-electron chi connectivity index (χ4n) is 2.97. The van der Waals surface area contributed by atoms with Gasteiger partial charge in [0.2, 0.25) is 0 Å². The van der Waals surface area contributed by atoms with E-state index >= 15 is 0 Å². The molecule has 0 aliphatic carbocycles. The summed E-state index contributed by atoms with van der Waals surface area (Å²) in [6.45, 7) is 2.29. The van der Waals surface area contributed by atoms with E-state index in [9.17, 15) is 22.8 Å². The van der Waals surface area contributed by atoms with Crippen molar-refractivity contribution in [1.82, 2.24) is 20.3 Å². The molecule has 1 aliphatic heterocycles. The van der Waals surface area contributed by atoms with Gasteiger partial charge in [-0.2, -0.15) is 13.2 Å². The second-order valence-electron chi connectivity index (χ2n) is 6.46. The number of rotatable bonds is 3. The highest BCUT2D eigenvalue weighted by Gasteiger charge is 2.34. The van der Waals surface area contributed by atoms with E-state index in [1.165, 1.54) is 19.2 Å². The first-order chi connectivity index (χ1) is 13.1. The Morgan fingerprint density at radius 1 is 1.29 bits per heavy atom. The van der Waals surface area contributed by atoms with Gasteiger partial charge in [-0.15, -0.1) is 0 Å². The number of pyridine rings is 1. The predicted molar refractivity (Wildman–Crippen MR) is 96.5 cm³/mol. The summed E-state index contributed by atoms with van der Waals surface area (Å²) in [6.07, 6.45) is -2.19. The van der Waals surface area contributed by atoms with Gasteiger partial charge in [-0.1, -0.05) is 11.6 Å². The Labute approximate surface area is 162 Å². The average molecular weight is 416 g/mol. The number of halogens is 4. The maximum absolute atomic E-state index is 12.9. The molecule has 1 amide bonds. The van der Waals surface area contributed by atoms with Crippen LogP contribution < -0.4 is 15.8 Å². The van der Waals surface area contributed by atoms with E-state index in [0.29, 0.717) is 25.9 Å². The lowest BCUT2D eigenvalue weighted by Gasteiger charge is -2.33. The number of anilines is 1. The van der Waals surface area contributed by atoms with Gasteiger partial charge in [-0.05, 0) is 25.8 Å². The van der Waals surface area contributed by atoms with Crippen molar-refractivity contribution >= 4 is 23.3 Å². The van der Waals surface area contributed by atoms with Crippen LogP contribution in [0.5, 0.6) is 0 Å². The Hall–Kier alpha value is -2.62. The summed E-state index contributed by atoms with van der Waals surface area (Å²) < 4.78 is 38.8. The van der Waals surface area contributed by atoms with E-state index in [1.54, 1.807) is 4.90 Å². The number of carbonyl (C=O) groups excluding carboxylic acids is 1. The number of aromatic amines is 1. The highest BCUT2D eigenvalue weighted by atomic mass is 35.5. The largest absolute Gasteiger partial charge is 0.433 e. The molecule has 28 heavy (non-hydrogen) atoms. The quantitative estimate of drug-likeness (QED) is 0.804. The van der Waals surface area contributed by atoms with Gasteiger partial charge in [0.05, 0.1) is 5.56 Å². The molecule has 0 bridgehead atoms. The smallest absolute Gasteiger partial charge is 0.356 e. The highest BCUT2D eigenvalue weighted by Crippen LogP contribution is 2.30. The Morgan fingerprint density at radius 3 is 2.57 bits per heavy atom. The van der Waals surface area contributed by atoms with E-state index in [-0.39, 0.29) is 34.2 Å². The van der Waals surface area contributed by atoms with Crippen LogP contribution in [0.4, 0.5) is 19.0 Å². The van der Waals surface area contributed by atoms with Gasteiger partial charge in [0.15, 0.2) is 0 Å². The van der Waals surface area contributed by atoms with Crippen LogP contribution in [0.3, 0.4) is 0 Å². The predicted octanol–water partition coefficient (Wildman–Crippen LogP) is 2.54. The number of carbonyl (C=O) groups is 1. The molecule has 2 aromatic rings. The van der Waals surface area contributed by atoms with Gasteiger partial charge in [-0.3, -0.25) is 9.59 Å². The molecule has 2 N–H and O–H groups in total. The molecule has 0 spiro atoms. The SMILES string of the molecule is Cc1nc(N2CCC(NC(=O)c3c[nH]c(=O)c(Cl)c3)CC2)cc(C(F)(F)F)n1. The van der Waals surface area contributed by atoms with Crippen molar-refractivity contribution in [1.29, 1.82) is 0 Å². The Bertz CT molecular complexity index is 939. The molecule has 0 aromatic carbocycles. The molecule has 0 atom stereocenters. The van der Waals surface area contributed by atoms with Crippen molar-refractivity contribution in [3.05, 3.63) is 50.8 Å². The summed E-state index contributed by atoms with van der Waals surface area (Å²) in [5.41, 5.74) is -1.22. The molecule has 2 aromatic heterocycles. The third-order valence-corrected chi connectivity index (χ3v) is 4.67. The molecule has 1 fully saturated rings.